The van der Waals surface area contributed by atoms with Crippen molar-refractivity contribution in [2.45, 2.75) is 78.1 Å². The second-order valence-electron chi connectivity index (χ2n) is 7.17. The summed E-state index contributed by atoms with van der Waals surface area (Å²) in [6, 6.07) is 9.26. The number of hydrogen-bond donors (Lipinski definition) is 0. The second kappa shape index (κ2) is 5.91. The third-order valence-electron chi connectivity index (χ3n) is 3.94. The molecule has 0 nitrogen and oxygen atoms in total. The standard InChI is InChI=1S/C18H30/c1-7-8-9-14-18(5,6)16-12-10-15(11-13-16)17(2,3)4/h10-13H,7-9,14H2,1-6H3. The van der Waals surface area contributed by atoms with E-state index in [-0.39, 0.29) is 5.41 Å². The predicted molar refractivity (Wildman–Crippen MR) is 82.3 cm³/mol. The topological polar surface area (TPSA) is 0 Å². The van der Waals surface area contributed by atoms with Crippen molar-refractivity contribution < 1.29 is 0 Å². The van der Waals surface area contributed by atoms with E-state index in [1.165, 1.54) is 36.8 Å². The number of unbranched alkanes of at least 4 members (excludes halogenated alkanes) is 2. The molecule has 0 aromatic heterocycles. The molecule has 0 amide bonds. The van der Waals surface area contributed by atoms with Gasteiger partial charge in [-0.15, -0.1) is 0 Å². The molecular formula is C18H30. The first-order chi connectivity index (χ1) is 8.27. The second-order valence-corrected chi connectivity index (χ2v) is 7.17. The average molecular weight is 246 g/mol. The molecule has 0 saturated carbocycles. The van der Waals surface area contributed by atoms with Crippen LogP contribution in [0.1, 0.15) is 78.4 Å². The van der Waals surface area contributed by atoms with Crippen molar-refractivity contribution in [2.24, 2.45) is 0 Å². The Bertz CT molecular complexity index is 349. The lowest BCUT2D eigenvalue weighted by Gasteiger charge is -2.27. The van der Waals surface area contributed by atoms with E-state index in [1.54, 1.807) is 0 Å². The van der Waals surface area contributed by atoms with Crippen molar-refractivity contribution >= 4 is 0 Å². The molecule has 0 radical (unpaired) electrons. The summed E-state index contributed by atoms with van der Waals surface area (Å²) in [5.41, 5.74) is 3.47. The van der Waals surface area contributed by atoms with E-state index in [4.69, 9.17) is 0 Å². The summed E-state index contributed by atoms with van der Waals surface area (Å²) in [7, 11) is 0. The summed E-state index contributed by atoms with van der Waals surface area (Å²) in [4.78, 5) is 0. The normalized spacial score (nSPS) is 12.8. The van der Waals surface area contributed by atoms with Gasteiger partial charge >= 0.3 is 0 Å². The van der Waals surface area contributed by atoms with Gasteiger partial charge in [0, 0.05) is 0 Å². The molecule has 0 fully saturated rings. The molecule has 0 aliphatic rings. The molecule has 0 N–H and O–H groups in total. The van der Waals surface area contributed by atoms with Crippen LogP contribution in [-0.4, -0.2) is 0 Å². The average Bonchev–Trinajstić information content (AvgIpc) is 2.28. The summed E-state index contributed by atoms with van der Waals surface area (Å²) in [5, 5.41) is 0. The van der Waals surface area contributed by atoms with Crippen molar-refractivity contribution in [3.05, 3.63) is 35.4 Å². The van der Waals surface area contributed by atoms with Crippen LogP contribution >= 0.6 is 0 Å². The molecule has 0 heterocycles. The van der Waals surface area contributed by atoms with Crippen LogP contribution < -0.4 is 0 Å². The first-order valence-corrected chi connectivity index (χ1v) is 7.38. The monoisotopic (exact) mass is 246 g/mol. The molecule has 1 rings (SSSR count). The Balaban J connectivity index is 2.77. The Kier molecular flexibility index (Phi) is 5.01. The van der Waals surface area contributed by atoms with E-state index in [1.807, 2.05) is 0 Å². The van der Waals surface area contributed by atoms with Gasteiger partial charge < -0.3 is 0 Å². The third-order valence-corrected chi connectivity index (χ3v) is 3.94. The smallest absolute Gasteiger partial charge is 0.0104 e. The molecule has 102 valence electrons. The zero-order chi connectivity index (χ0) is 13.8. The SMILES string of the molecule is CCCCCC(C)(C)c1ccc(C(C)(C)C)cc1. The summed E-state index contributed by atoms with van der Waals surface area (Å²) in [6.07, 6.45) is 5.28. The zero-order valence-corrected chi connectivity index (χ0v) is 13.1. The minimum Gasteiger partial charge on any atom is -0.0654 e. The highest BCUT2D eigenvalue weighted by molar-refractivity contribution is 5.31. The maximum Gasteiger partial charge on any atom is -0.0104 e. The van der Waals surface area contributed by atoms with Crippen LogP contribution in [0.15, 0.2) is 24.3 Å². The highest BCUT2D eigenvalue weighted by Crippen LogP contribution is 2.31. The summed E-state index contributed by atoms with van der Waals surface area (Å²) in [5.74, 6) is 0. The van der Waals surface area contributed by atoms with Gasteiger partial charge in [0.2, 0.25) is 0 Å². The van der Waals surface area contributed by atoms with Gasteiger partial charge in [0.15, 0.2) is 0 Å². The lowest BCUT2D eigenvalue weighted by atomic mass is 9.78. The highest BCUT2D eigenvalue weighted by atomic mass is 14.3. The Labute approximate surface area is 114 Å². The number of rotatable bonds is 5. The van der Waals surface area contributed by atoms with Gasteiger partial charge in [-0.05, 0) is 28.4 Å². The maximum atomic E-state index is 2.37. The van der Waals surface area contributed by atoms with Crippen LogP contribution in [0.2, 0.25) is 0 Å². The lowest BCUT2D eigenvalue weighted by molar-refractivity contribution is 0.449. The fourth-order valence-electron chi connectivity index (χ4n) is 2.38. The predicted octanol–water partition coefficient (Wildman–Crippen LogP) is 5.84. The quantitative estimate of drug-likeness (QED) is 0.572. The molecule has 1 aromatic carbocycles. The summed E-state index contributed by atoms with van der Waals surface area (Å²) in [6.45, 7) is 13.8. The van der Waals surface area contributed by atoms with E-state index in [0.29, 0.717) is 5.41 Å². The van der Waals surface area contributed by atoms with E-state index < -0.39 is 0 Å². The lowest BCUT2D eigenvalue weighted by Crippen LogP contribution is -2.18. The molecule has 0 atom stereocenters. The molecule has 0 unspecified atom stereocenters. The highest BCUT2D eigenvalue weighted by Gasteiger charge is 2.21. The Morgan fingerprint density at radius 2 is 1.28 bits per heavy atom. The van der Waals surface area contributed by atoms with Gasteiger partial charge in [-0.3, -0.25) is 0 Å². The van der Waals surface area contributed by atoms with Crippen LogP contribution in [-0.2, 0) is 10.8 Å². The van der Waals surface area contributed by atoms with Gasteiger partial charge in [0.25, 0.3) is 0 Å². The summed E-state index contributed by atoms with van der Waals surface area (Å²) < 4.78 is 0. The van der Waals surface area contributed by atoms with E-state index in [2.05, 4.69) is 65.8 Å². The molecule has 1 aromatic rings. The van der Waals surface area contributed by atoms with E-state index >= 15 is 0 Å². The van der Waals surface area contributed by atoms with E-state index in [0.717, 1.165) is 0 Å². The van der Waals surface area contributed by atoms with Crippen molar-refractivity contribution in [3.63, 3.8) is 0 Å². The fraction of sp³-hybridized carbons (Fsp3) is 0.667. The largest absolute Gasteiger partial charge is 0.0654 e. The first kappa shape index (κ1) is 15.3. The molecule has 0 saturated heterocycles. The van der Waals surface area contributed by atoms with Gasteiger partial charge in [-0.1, -0.05) is 85.1 Å². The minimum absolute atomic E-state index is 0.255. The molecular weight excluding hydrogens is 216 g/mol. The number of hydrogen-bond acceptors (Lipinski definition) is 0. The molecule has 0 aliphatic carbocycles. The zero-order valence-electron chi connectivity index (χ0n) is 13.1. The van der Waals surface area contributed by atoms with Crippen LogP contribution in [0.3, 0.4) is 0 Å². The van der Waals surface area contributed by atoms with Crippen LogP contribution in [0, 0.1) is 0 Å². The van der Waals surface area contributed by atoms with Crippen LogP contribution in [0.25, 0.3) is 0 Å². The van der Waals surface area contributed by atoms with Gasteiger partial charge in [-0.2, -0.15) is 0 Å². The number of benzene rings is 1. The molecule has 0 heteroatoms. The van der Waals surface area contributed by atoms with Crippen molar-refractivity contribution in [1.29, 1.82) is 0 Å². The summed E-state index contributed by atoms with van der Waals surface area (Å²) >= 11 is 0. The Morgan fingerprint density at radius 3 is 1.72 bits per heavy atom. The third kappa shape index (κ3) is 4.15. The van der Waals surface area contributed by atoms with Crippen molar-refractivity contribution in [1.82, 2.24) is 0 Å². The Hall–Kier alpha value is -0.780. The maximum absolute atomic E-state index is 2.37. The van der Waals surface area contributed by atoms with Gasteiger partial charge in [0.1, 0.15) is 0 Å². The van der Waals surface area contributed by atoms with Crippen molar-refractivity contribution in [2.75, 3.05) is 0 Å². The first-order valence-electron chi connectivity index (χ1n) is 7.38. The minimum atomic E-state index is 0.255. The van der Waals surface area contributed by atoms with E-state index in [9.17, 15) is 0 Å². The molecule has 0 aliphatic heterocycles. The van der Waals surface area contributed by atoms with Crippen LogP contribution in [0.4, 0.5) is 0 Å². The van der Waals surface area contributed by atoms with Gasteiger partial charge in [-0.25, -0.2) is 0 Å². The van der Waals surface area contributed by atoms with Crippen molar-refractivity contribution in [3.8, 4) is 0 Å². The fourth-order valence-corrected chi connectivity index (χ4v) is 2.38. The molecule has 0 bridgehead atoms. The molecule has 0 spiro atoms. The molecule has 18 heavy (non-hydrogen) atoms. The van der Waals surface area contributed by atoms with Gasteiger partial charge in [0.05, 0.1) is 0 Å². The van der Waals surface area contributed by atoms with Crippen LogP contribution in [0.5, 0.6) is 0 Å². The Morgan fingerprint density at radius 1 is 0.778 bits per heavy atom.